The van der Waals surface area contributed by atoms with Gasteiger partial charge in [0, 0.05) is 49.5 Å². The van der Waals surface area contributed by atoms with Crippen LogP contribution in [-0.4, -0.2) is 43.5 Å². The summed E-state index contributed by atoms with van der Waals surface area (Å²) in [6.45, 7) is 5.51. The third-order valence-electron chi connectivity index (χ3n) is 4.21. The van der Waals surface area contributed by atoms with E-state index in [0.717, 1.165) is 5.56 Å². The highest BCUT2D eigenvalue weighted by Gasteiger charge is 2.24. The average Bonchev–Trinajstić information content (AvgIpc) is 2.67. The van der Waals surface area contributed by atoms with Gasteiger partial charge in [-0.15, -0.1) is 24.0 Å². The lowest BCUT2D eigenvalue weighted by atomic mass is 9.84. The van der Waals surface area contributed by atoms with Gasteiger partial charge in [-0.2, -0.15) is 0 Å². The van der Waals surface area contributed by atoms with Crippen molar-refractivity contribution >= 4 is 47.4 Å². The van der Waals surface area contributed by atoms with Crippen LogP contribution in [0.3, 0.4) is 0 Å². The van der Waals surface area contributed by atoms with E-state index in [-0.39, 0.29) is 41.1 Å². The first kappa shape index (κ1) is 25.1. The molecule has 0 atom stereocenters. The summed E-state index contributed by atoms with van der Waals surface area (Å²) in [7, 11) is 1.67. The zero-order chi connectivity index (χ0) is 20.6. The van der Waals surface area contributed by atoms with Crippen molar-refractivity contribution in [2.24, 2.45) is 4.99 Å². The van der Waals surface area contributed by atoms with Gasteiger partial charge in [0.2, 0.25) is 0 Å². The van der Waals surface area contributed by atoms with E-state index in [1.165, 1.54) is 18.3 Å². The number of halogens is 3. The fourth-order valence-electron chi connectivity index (χ4n) is 2.61. The summed E-state index contributed by atoms with van der Waals surface area (Å²) in [5.41, 5.74) is 1.03. The lowest BCUT2D eigenvalue weighted by Gasteiger charge is -2.27. The number of aromatic nitrogens is 1. The highest BCUT2D eigenvalue weighted by atomic mass is 127. The molecule has 0 unspecified atom stereocenters. The molecule has 0 radical (unpaired) electrons. The molecule has 6 nitrogen and oxygen atoms in total. The van der Waals surface area contributed by atoms with Crippen LogP contribution in [0.15, 0.2) is 47.7 Å². The van der Waals surface area contributed by atoms with Crippen molar-refractivity contribution in [2.45, 2.75) is 19.3 Å². The Bertz CT molecular complexity index is 833. The fourth-order valence-corrected chi connectivity index (χ4v) is 3.04. The molecule has 1 aromatic heterocycles. The largest absolute Gasteiger partial charge is 0.356 e. The van der Waals surface area contributed by atoms with Crippen molar-refractivity contribution in [1.82, 2.24) is 20.9 Å². The number of benzene rings is 1. The smallest absolute Gasteiger partial charge is 0.252 e. The minimum atomic E-state index is -0.358. The standard InChI is InChI=1S/C20H25ClFN5O.HI/c1-20(2,16-7-6-15(22)11-17(16)21)13-27-19(23-3)26-10-9-25-18(28)14-5-4-8-24-12-14;/h4-8,11-12H,9-10,13H2,1-3H3,(H,25,28)(H2,23,26,27);1H. The minimum absolute atomic E-state index is 0. The third-order valence-corrected chi connectivity index (χ3v) is 4.52. The Morgan fingerprint density at radius 3 is 2.55 bits per heavy atom. The van der Waals surface area contributed by atoms with Crippen molar-refractivity contribution in [2.75, 3.05) is 26.7 Å². The molecule has 9 heteroatoms. The Labute approximate surface area is 192 Å². The molecule has 29 heavy (non-hydrogen) atoms. The lowest BCUT2D eigenvalue weighted by molar-refractivity contribution is 0.0954. The van der Waals surface area contributed by atoms with Crippen molar-refractivity contribution in [1.29, 1.82) is 0 Å². The van der Waals surface area contributed by atoms with Gasteiger partial charge in [-0.05, 0) is 29.8 Å². The summed E-state index contributed by atoms with van der Waals surface area (Å²) in [4.78, 5) is 20.1. The molecule has 0 saturated heterocycles. The van der Waals surface area contributed by atoms with E-state index in [4.69, 9.17) is 11.6 Å². The maximum Gasteiger partial charge on any atom is 0.252 e. The van der Waals surface area contributed by atoms with E-state index in [0.29, 0.717) is 36.2 Å². The van der Waals surface area contributed by atoms with Crippen molar-refractivity contribution in [3.8, 4) is 0 Å². The van der Waals surface area contributed by atoms with Crippen molar-refractivity contribution in [3.63, 3.8) is 0 Å². The van der Waals surface area contributed by atoms with E-state index >= 15 is 0 Å². The first-order valence-electron chi connectivity index (χ1n) is 8.92. The molecule has 2 rings (SSSR count). The number of hydrogen-bond acceptors (Lipinski definition) is 3. The van der Waals surface area contributed by atoms with Gasteiger partial charge in [-0.25, -0.2) is 4.39 Å². The number of guanidine groups is 1. The third kappa shape index (κ3) is 7.77. The van der Waals surface area contributed by atoms with Gasteiger partial charge in [-0.1, -0.05) is 31.5 Å². The molecule has 3 N–H and O–H groups in total. The molecule has 0 aliphatic rings. The second kappa shape index (κ2) is 11.9. The van der Waals surface area contributed by atoms with Gasteiger partial charge < -0.3 is 16.0 Å². The van der Waals surface area contributed by atoms with E-state index in [1.807, 2.05) is 13.8 Å². The van der Waals surface area contributed by atoms with E-state index < -0.39 is 0 Å². The van der Waals surface area contributed by atoms with Gasteiger partial charge in [0.25, 0.3) is 5.91 Å². The summed E-state index contributed by atoms with van der Waals surface area (Å²) in [5, 5.41) is 9.58. The van der Waals surface area contributed by atoms with Crippen molar-refractivity contribution < 1.29 is 9.18 Å². The van der Waals surface area contributed by atoms with Crippen LogP contribution in [0.25, 0.3) is 0 Å². The van der Waals surface area contributed by atoms with Gasteiger partial charge in [-0.3, -0.25) is 14.8 Å². The topological polar surface area (TPSA) is 78.4 Å². The molecule has 1 amide bonds. The quantitative estimate of drug-likeness (QED) is 0.221. The van der Waals surface area contributed by atoms with Crippen LogP contribution in [0.4, 0.5) is 4.39 Å². The average molecular weight is 534 g/mol. The molecule has 0 aliphatic heterocycles. The molecule has 2 aromatic rings. The molecule has 1 aromatic carbocycles. The highest BCUT2D eigenvalue weighted by Crippen LogP contribution is 2.29. The number of aliphatic imine (C=N–C) groups is 1. The van der Waals surface area contributed by atoms with Crippen molar-refractivity contribution in [3.05, 3.63) is 64.7 Å². The predicted octanol–water partition coefficient (Wildman–Crippen LogP) is 3.36. The van der Waals surface area contributed by atoms with Crippen LogP contribution in [-0.2, 0) is 5.41 Å². The number of hydrogen-bond donors (Lipinski definition) is 3. The maximum absolute atomic E-state index is 13.3. The number of nitrogens with zero attached hydrogens (tertiary/aromatic N) is 2. The van der Waals surface area contributed by atoms with Crippen LogP contribution in [0.1, 0.15) is 29.8 Å². The molecule has 158 valence electrons. The van der Waals surface area contributed by atoms with Crippen LogP contribution in [0.2, 0.25) is 5.02 Å². The van der Waals surface area contributed by atoms with Gasteiger partial charge in [0.1, 0.15) is 5.82 Å². The molecule has 0 fully saturated rings. The van der Waals surface area contributed by atoms with Gasteiger partial charge in [0.05, 0.1) is 5.56 Å². The molecular formula is C20H26ClFIN5O. The Morgan fingerprint density at radius 1 is 1.21 bits per heavy atom. The summed E-state index contributed by atoms with van der Waals surface area (Å²) in [6, 6.07) is 7.84. The summed E-state index contributed by atoms with van der Waals surface area (Å²) >= 11 is 6.19. The normalized spacial score (nSPS) is 11.4. The summed E-state index contributed by atoms with van der Waals surface area (Å²) in [5.74, 6) is 0.0650. The van der Waals surface area contributed by atoms with E-state index in [9.17, 15) is 9.18 Å². The van der Waals surface area contributed by atoms with E-state index in [1.54, 1.807) is 31.4 Å². The Kier molecular flexibility index (Phi) is 10.3. The maximum atomic E-state index is 13.3. The van der Waals surface area contributed by atoms with Gasteiger partial charge >= 0.3 is 0 Å². The minimum Gasteiger partial charge on any atom is -0.356 e. The first-order valence-corrected chi connectivity index (χ1v) is 9.29. The summed E-state index contributed by atoms with van der Waals surface area (Å²) < 4.78 is 13.3. The number of carbonyl (C=O) groups is 1. The fraction of sp³-hybridized carbons (Fsp3) is 0.350. The second-order valence-electron chi connectivity index (χ2n) is 6.86. The number of rotatable bonds is 7. The van der Waals surface area contributed by atoms with Crippen LogP contribution >= 0.6 is 35.6 Å². The Balaban J connectivity index is 0.00000420. The zero-order valence-corrected chi connectivity index (χ0v) is 19.7. The van der Waals surface area contributed by atoms with Gasteiger partial charge in [0.15, 0.2) is 5.96 Å². The second-order valence-corrected chi connectivity index (χ2v) is 7.27. The first-order chi connectivity index (χ1) is 13.3. The molecule has 0 bridgehead atoms. The number of pyridine rings is 1. The van der Waals surface area contributed by atoms with Crippen LogP contribution < -0.4 is 16.0 Å². The summed E-state index contributed by atoms with van der Waals surface area (Å²) in [6.07, 6.45) is 3.14. The van der Waals surface area contributed by atoms with Crippen LogP contribution in [0, 0.1) is 5.82 Å². The van der Waals surface area contributed by atoms with Crippen LogP contribution in [0.5, 0.6) is 0 Å². The number of nitrogens with one attached hydrogen (secondary N) is 3. The number of carbonyl (C=O) groups excluding carboxylic acids is 1. The van der Waals surface area contributed by atoms with E-state index in [2.05, 4.69) is 25.9 Å². The highest BCUT2D eigenvalue weighted by molar-refractivity contribution is 14.0. The SMILES string of the molecule is CN=C(NCCNC(=O)c1cccnc1)NCC(C)(C)c1ccc(F)cc1Cl.I. The zero-order valence-electron chi connectivity index (χ0n) is 16.6. The lowest BCUT2D eigenvalue weighted by Crippen LogP contribution is -2.45. The molecular weight excluding hydrogens is 508 g/mol. The predicted molar refractivity (Wildman–Crippen MR) is 126 cm³/mol. The molecule has 1 heterocycles. The molecule has 0 spiro atoms. The number of amides is 1. The monoisotopic (exact) mass is 533 g/mol. The Hall–Kier alpha value is -1.94. The Morgan fingerprint density at radius 2 is 1.93 bits per heavy atom. The molecule has 0 aliphatic carbocycles. The molecule has 0 saturated carbocycles.